The number of nitrogens with zero attached hydrogens (tertiary/aromatic N) is 1. The third-order valence-electron chi connectivity index (χ3n) is 4.39. The van der Waals surface area contributed by atoms with Gasteiger partial charge in [0.1, 0.15) is 11.6 Å². The Labute approximate surface area is 154 Å². The molecule has 0 saturated carbocycles. The highest BCUT2D eigenvalue weighted by Gasteiger charge is 2.28. The second-order valence-corrected chi connectivity index (χ2v) is 6.60. The fraction of sp³-hybridized carbons (Fsp3) is 0.263. The number of nitrogens with one attached hydrogen (secondary N) is 1. The van der Waals surface area contributed by atoms with Crippen LogP contribution in [0.2, 0.25) is 5.02 Å². The number of carbonyl (C=O) groups excluding carboxylic acids is 2. The number of hydrogen-bond donors (Lipinski definition) is 1. The molecular formula is C19H17ClF2N2O2. The molecule has 26 heavy (non-hydrogen) atoms. The average molecular weight is 379 g/mol. The monoisotopic (exact) mass is 378 g/mol. The van der Waals surface area contributed by atoms with Crippen molar-refractivity contribution in [3.63, 3.8) is 0 Å². The van der Waals surface area contributed by atoms with Crippen LogP contribution in [-0.4, -0.2) is 29.8 Å². The van der Waals surface area contributed by atoms with Gasteiger partial charge < -0.3 is 10.2 Å². The molecule has 2 aromatic rings. The first kappa shape index (κ1) is 18.3. The number of piperidine rings is 1. The number of halogens is 3. The van der Waals surface area contributed by atoms with Crippen LogP contribution in [0.25, 0.3) is 0 Å². The summed E-state index contributed by atoms with van der Waals surface area (Å²) in [7, 11) is 0. The molecule has 4 nitrogen and oxygen atoms in total. The van der Waals surface area contributed by atoms with Gasteiger partial charge in [0.25, 0.3) is 5.91 Å². The Morgan fingerprint density at radius 1 is 1.04 bits per heavy atom. The lowest BCUT2D eigenvalue weighted by atomic mass is 9.95. The topological polar surface area (TPSA) is 49.4 Å². The number of amides is 2. The zero-order valence-electron chi connectivity index (χ0n) is 13.8. The number of hydrogen-bond acceptors (Lipinski definition) is 2. The Morgan fingerprint density at radius 3 is 2.27 bits per heavy atom. The highest BCUT2D eigenvalue weighted by atomic mass is 35.5. The van der Waals surface area contributed by atoms with Crippen molar-refractivity contribution >= 4 is 29.1 Å². The molecule has 1 N–H and O–H groups in total. The van der Waals surface area contributed by atoms with Crippen molar-refractivity contribution in [1.29, 1.82) is 0 Å². The van der Waals surface area contributed by atoms with E-state index in [0.717, 1.165) is 18.2 Å². The van der Waals surface area contributed by atoms with E-state index >= 15 is 0 Å². The summed E-state index contributed by atoms with van der Waals surface area (Å²) < 4.78 is 26.4. The second kappa shape index (κ2) is 7.83. The molecule has 0 spiro atoms. The molecular weight excluding hydrogens is 362 g/mol. The van der Waals surface area contributed by atoms with Crippen LogP contribution in [-0.2, 0) is 4.79 Å². The van der Waals surface area contributed by atoms with Gasteiger partial charge in [0.2, 0.25) is 5.91 Å². The molecule has 1 heterocycles. The lowest BCUT2D eigenvalue weighted by molar-refractivity contribution is -0.121. The molecule has 2 aromatic carbocycles. The first-order chi connectivity index (χ1) is 12.4. The third-order valence-corrected chi connectivity index (χ3v) is 4.72. The lowest BCUT2D eigenvalue weighted by Crippen LogP contribution is -2.41. The average Bonchev–Trinajstić information content (AvgIpc) is 2.61. The predicted octanol–water partition coefficient (Wildman–Crippen LogP) is 4.11. The van der Waals surface area contributed by atoms with Crippen LogP contribution in [0, 0.1) is 17.6 Å². The predicted molar refractivity (Wildman–Crippen MR) is 95.1 cm³/mol. The van der Waals surface area contributed by atoms with Crippen molar-refractivity contribution in [1.82, 2.24) is 4.90 Å². The maximum absolute atomic E-state index is 13.2. The molecule has 1 fully saturated rings. The van der Waals surface area contributed by atoms with Gasteiger partial charge in [-0.2, -0.15) is 0 Å². The van der Waals surface area contributed by atoms with Crippen LogP contribution in [0.1, 0.15) is 23.2 Å². The minimum atomic E-state index is -0.750. The van der Waals surface area contributed by atoms with E-state index in [-0.39, 0.29) is 23.4 Å². The Morgan fingerprint density at radius 2 is 1.65 bits per heavy atom. The van der Waals surface area contributed by atoms with Crippen molar-refractivity contribution in [2.24, 2.45) is 5.92 Å². The minimum Gasteiger partial charge on any atom is -0.339 e. The van der Waals surface area contributed by atoms with Gasteiger partial charge in [-0.15, -0.1) is 0 Å². The van der Waals surface area contributed by atoms with Crippen molar-refractivity contribution in [2.75, 3.05) is 18.4 Å². The SMILES string of the molecule is O=C(Nc1cc(F)cc(F)c1)C1CCN(C(=O)c2ccccc2Cl)CC1. The third kappa shape index (κ3) is 4.19. The highest BCUT2D eigenvalue weighted by molar-refractivity contribution is 6.33. The first-order valence-electron chi connectivity index (χ1n) is 8.25. The van der Waals surface area contributed by atoms with Crippen LogP contribution < -0.4 is 5.32 Å². The van der Waals surface area contributed by atoms with Crippen molar-refractivity contribution in [3.05, 3.63) is 64.7 Å². The summed E-state index contributed by atoms with van der Waals surface area (Å²) in [5.41, 5.74) is 0.523. The summed E-state index contributed by atoms with van der Waals surface area (Å²) in [5.74, 6) is -2.29. The van der Waals surface area contributed by atoms with Crippen molar-refractivity contribution in [2.45, 2.75) is 12.8 Å². The molecule has 0 aromatic heterocycles. The van der Waals surface area contributed by atoms with Crippen LogP contribution in [0.4, 0.5) is 14.5 Å². The Kier molecular flexibility index (Phi) is 5.52. The molecule has 1 aliphatic rings. The quantitative estimate of drug-likeness (QED) is 0.873. The van der Waals surface area contributed by atoms with Crippen LogP contribution in [0.5, 0.6) is 0 Å². The fourth-order valence-corrected chi connectivity index (χ4v) is 3.24. The maximum atomic E-state index is 13.2. The number of benzene rings is 2. The highest BCUT2D eigenvalue weighted by Crippen LogP contribution is 2.24. The molecule has 0 radical (unpaired) electrons. The molecule has 0 bridgehead atoms. The molecule has 1 saturated heterocycles. The Balaban J connectivity index is 1.58. The van der Waals surface area contributed by atoms with E-state index in [0.29, 0.717) is 36.5 Å². The van der Waals surface area contributed by atoms with E-state index in [9.17, 15) is 18.4 Å². The van der Waals surface area contributed by atoms with E-state index in [1.54, 1.807) is 29.2 Å². The summed E-state index contributed by atoms with van der Waals surface area (Å²) >= 11 is 6.06. The van der Waals surface area contributed by atoms with Crippen LogP contribution >= 0.6 is 11.6 Å². The number of anilines is 1. The van der Waals surface area contributed by atoms with Crippen molar-refractivity contribution in [3.8, 4) is 0 Å². The molecule has 0 atom stereocenters. The van der Waals surface area contributed by atoms with Crippen molar-refractivity contribution < 1.29 is 18.4 Å². The summed E-state index contributed by atoms with van der Waals surface area (Å²) in [6, 6.07) is 9.71. The smallest absolute Gasteiger partial charge is 0.255 e. The molecule has 1 aliphatic heterocycles. The summed E-state index contributed by atoms with van der Waals surface area (Å²) in [5, 5.41) is 2.93. The number of rotatable bonds is 3. The van der Waals surface area contributed by atoms with Crippen LogP contribution in [0.3, 0.4) is 0 Å². The molecule has 0 unspecified atom stereocenters. The number of carbonyl (C=O) groups is 2. The normalized spacial score (nSPS) is 15.0. The Hall–Kier alpha value is -2.47. The zero-order valence-corrected chi connectivity index (χ0v) is 14.6. The van der Waals surface area contributed by atoms with Gasteiger partial charge in [-0.25, -0.2) is 8.78 Å². The summed E-state index contributed by atoms with van der Waals surface area (Å²) in [4.78, 5) is 26.5. The van der Waals surface area contributed by atoms with E-state index in [1.165, 1.54) is 0 Å². The molecule has 2 amide bonds. The minimum absolute atomic E-state index is 0.0853. The van der Waals surface area contributed by atoms with Gasteiger partial charge in [0.15, 0.2) is 0 Å². The van der Waals surface area contributed by atoms with Gasteiger partial charge in [0, 0.05) is 30.8 Å². The first-order valence-corrected chi connectivity index (χ1v) is 8.62. The largest absolute Gasteiger partial charge is 0.339 e. The molecule has 3 rings (SSSR count). The molecule has 0 aliphatic carbocycles. The van der Waals surface area contributed by atoms with E-state index < -0.39 is 11.6 Å². The van der Waals surface area contributed by atoms with Gasteiger partial charge in [-0.1, -0.05) is 23.7 Å². The summed E-state index contributed by atoms with van der Waals surface area (Å²) in [6.45, 7) is 0.833. The standard InChI is InChI=1S/C19H17ClF2N2O2/c20-17-4-2-1-3-16(17)19(26)24-7-5-12(6-8-24)18(25)23-15-10-13(21)9-14(22)11-15/h1-4,9-12H,5-8H2,(H,23,25). The lowest BCUT2D eigenvalue weighted by Gasteiger charge is -2.31. The van der Waals surface area contributed by atoms with Gasteiger partial charge in [-0.05, 0) is 37.1 Å². The number of likely N-dealkylation sites (tertiary alicyclic amines) is 1. The molecule has 136 valence electrons. The summed E-state index contributed by atoms with van der Waals surface area (Å²) in [6.07, 6.45) is 0.944. The van der Waals surface area contributed by atoms with E-state index in [1.807, 2.05) is 0 Å². The van der Waals surface area contributed by atoms with E-state index in [4.69, 9.17) is 11.6 Å². The van der Waals surface area contributed by atoms with E-state index in [2.05, 4.69) is 5.32 Å². The Bertz CT molecular complexity index is 816. The second-order valence-electron chi connectivity index (χ2n) is 6.19. The van der Waals surface area contributed by atoms with Gasteiger partial charge in [-0.3, -0.25) is 9.59 Å². The van der Waals surface area contributed by atoms with Gasteiger partial charge in [0.05, 0.1) is 10.6 Å². The zero-order chi connectivity index (χ0) is 18.7. The van der Waals surface area contributed by atoms with Gasteiger partial charge >= 0.3 is 0 Å². The molecule has 7 heteroatoms. The van der Waals surface area contributed by atoms with Crippen LogP contribution in [0.15, 0.2) is 42.5 Å². The fourth-order valence-electron chi connectivity index (χ4n) is 3.02. The maximum Gasteiger partial charge on any atom is 0.255 e.